The highest BCUT2D eigenvalue weighted by Crippen LogP contribution is 2.30. The van der Waals surface area contributed by atoms with Crippen LogP contribution >= 0.6 is 0 Å². The van der Waals surface area contributed by atoms with Crippen LogP contribution in [0.25, 0.3) is 0 Å². The summed E-state index contributed by atoms with van der Waals surface area (Å²) in [6, 6.07) is 8.81. The van der Waals surface area contributed by atoms with Gasteiger partial charge < -0.3 is 10.6 Å². The zero-order valence-corrected chi connectivity index (χ0v) is 13.6. The Morgan fingerprint density at radius 2 is 1.77 bits per heavy atom. The Morgan fingerprint density at radius 3 is 2.45 bits per heavy atom. The minimum atomic E-state index is 0.104. The Labute approximate surface area is 133 Å². The molecule has 1 aliphatic heterocycles. The molecule has 1 aliphatic carbocycles. The topological polar surface area (TPSA) is 46.3 Å². The van der Waals surface area contributed by atoms with Gasteiger partial charge in [-0.05, 0) is 31.7 Å². The van der Waals surface area contributed by atoms with Crippen LogP contribution in [0.1, 0.15) is 55.6 Å². The van der Waals surface area contributed by atoms with Crippen molar-refractivity contribution in [1.82, 2.24) is 4.90 Å². The van der Waals surface area contributed by atoms with Crippen LogP contribution < -0.4 is 5.73 Å². The zero-order valence-electron chi connectivity index (χ0n) is 13.6. The van der Waals surface area contributed by atoms with Crippen molar-refractivity contribution in [2.45, 2.75) is 57.4 Å². The largest absolute Gasteiger partial charge is 0.340 e. The fraction of sp³-hybridized carbons (Fsp3) is 0.632. The first kappa shape index (κ1) is 15.5. The lowest BCUT2D eigenvalue weighted by Crippen LogP contribution is -2.50. The molecule has 2 fully saturated rings. The van der Waals surface area contributed by atoms with Crippen molar-refractivity contribution in [3.8, 4) is 0 Å². The number of hydrogen-bond acceptors (Lipinski definition) is 2. The van der Waals surface area contributed by atoms with Gasteiger partial charge in [-0.1, -0.05) is 49.1 Å². The first-order valence-corrected chi connectivity index (χ1v) is 8.74. The van der Waals surface area contributed by atoms with Gasteiger partial charge >= 0.3 is 0 Å². The second kappa shape index (κ2) is 6.82. The first-order chi connectivity index (χ1) is 10.6. The van der Waals surface area contributed by atoms with Gasteiger partial charge in [-0.3, -0.25) is 4.79 Å². The number of nitrogens with zero attached hydrogens (tertiary/aromatic N) is 1. The summed E-state index contributed by atoms with van der Waals surface area (Å²) in [5.74, 6) is 0.988. The summed E-state index contributed by atoms with van der Waals surface area (Å²) in [5, 5.41) is 0. The molecule has 3 nitrogen and oxygen atoms in total. The summed E-state index contributed by atoms with van der Waals surface area (Å²) in [5.41, 5.74) is 8.85. The van der Waals surface area contributed by atoms with Gasteiger partial charge in [-0.25, -0.2) is 0 Å². The molecule has 0 spiro atoms. The van der Waals surface area contributed by atoms with Crippen molar-refractivity contribution in [3.05, 3.63) is 35.4 Å². The number of piperidine rings is 1. The fourth-order valence-electron chi connectivity index (χ4n) is 4.01. The Kier molecular flexibility index (Phi) is 4.82. The van der Waals surface area contributed by atoms with Gasteiger partial charge in [0.25, 0.3) is 0 Å². The maximum Gasteiger partial charge on any atom is 0.225 e. The zero-order chi connectivity index (χ0) is 15.5. The van der Waals surface area contributed by atoms with Gasteiger partial charge in [0, 0.05) is 31.0 Å². The monoisotopic (exact) mass is 300 g/mol. The second-order valence-corrected chi connectivity index (χ2v) is 7.18. The van der Waals surface area contributed by atoms with E-state index in [0.717, 1.165) is 32.4 Å². The first-order valence-electron chi connectivity index (χ1n) is 8.74. The van der Waals surface area contributed by atoms with Crippen molar-refractivity contribution in [2.24, 2.45) is 11.7 Å². The minimum absolute atomic E-state index is 0.104. The standard InChI is InChI=1S/C19H28N2O/c1-14-7-9-15(10-8-14)17-11-18(20)13-21(12-17)19(22)16-5-3-2-4-6-16/h7-10,16-18H,2-6,11-13,20H2,1H3. The number of nitrogens with two attached hydrogens (primary N) is 1. The van der Waals surface area contributed by atoms with E-state index in [-0.39, 0.29) is 12.0 Å². The van der Waals surface area contributed by atoms with E-state index in [1.54, 1.807) is 0 Å². The van der Waals surface area contributed by atoms with Gasteiger partial charge in [-0.15, -0.1) is 0 Å². The van der Waals surface area contributed by atoms with Crippen molar-refractivity contribution >= 4 is 5.91 Å². The summed E-state index contributed by atoms with van der Waals surface area (Å²) in [4.78, 5) is 14.9. The Morgan fingerprint density at radius 1 is 1.09 bits per heavy atom. The van der Waals surface area contributed by atoms with Crippen LogP contribution in [0.2, 0.25) is 0 Å². The number of carbonyl (C=O) groups is 1. The van der Waals surface area contributed by atoms with E-state index >= 15 is 0 Å². The van der Waals surface area contributed by atoms with Gasteiger partial charge in [0.15, 0.2) is 0 Å². The molecule has 0 bridgehead atoms. The van der Waals surface area contributed by atoms with Crippen molar-refractivity contribution in [2.75, 3.05) is 13.1 Å². The molecule has 1 aromatic carbocycles. The maximum absolute atomic E-state index is 12.8. The molecule has 2 atom stereocenters. The lowest BCUT2D eigenvalue weighted by molar-refractivity contribution is -0.138. The van der Waals surface area contributed by atoms with Crippen molar-refractivity contribution in [1.29, 1.82) is 0 Å². The molecule has 0 aromatic heterocycles. The highest BCUT2D eigenvalue weighted by atomic mass is 16.2. The van der Waals surface area contributed by atoms with Crippen LogP contribution in [-0.2, 0) is 4.79 Å². The number of rotatable bonds is 2. The van der Waals surface area contributed by atoms with Crippen LogP contribution in [0.15, 0.2) is 24.3 Å². The highest BCUT2D eigenvalue weighted by Gasteiger charge is 2.32. The Balaban J connectivity index is 1.70. The highest BCUT2D eigenvalue weighted by molar-refractivity contribution is 5.79. The Hall–Kier alpha value is -1.35. The quantitative estimate of drug-likeness (QED) is 0.911. The summed E-state index contributed by atoms with van der Waals surface area (Å²) in [7, 11) is 0. The number of likely N-dealkylation sites (tertiary alicyclic amines) is 1. The molecule has 0 radical (unpaired) electrons. The molecule has 1 amide bonds. The lowest BCUT2D eigenvalue weighted by atomic mass is 9.85. The molecule has 2 unspecified atom stereocenters. The predicted octanol–water partition coefficient (Wildman–Crippen LogP) is 3.22. The van der Waals surface area contributed by atoms with Gasteiger partial charge in [0.05, 0.1) is 0 Å². The molecule has 3 rings (SSSR count). The summed E-state index contributed by atoms with van der Waals surface area (Å²) < 4.78 is 0. The SMILES string of the molecule is Cc1ccc(C2CC(N)CN(C(=O)C3CCCCC3)C2)cc1. The average molecular weight is 300 g/mol. The normalized spacial score (nSPS) is 26.9. The van der Waals surface area contributed by atoms with Gasteiger partial charge in [0.1, 0.15) is 0 Å². The van der Waals surface area contributed by atoms with E-state index in [2.05, 4.69) is 36.1 Å². The van der Waals surface area contributed by atoms with Crippen molar-refractivity contribution in [3.63, 3.8) is 0 Å². The molecule has 2 aliphatic rings. The van der Waals surface area contributed by atoms with E-state index < -0.39 is 0 Å². The van der Waals surface area contributed by atoms with E-state index in [1.165, 1.54) is 30.4 Å². The Bertz CT molecular complexity index is 505. The summed E-state index contributed by atoms with van der Waals surface area (Å²) >= 11 is 0. The van der Waals surface area contributed by atoms with E-state index in [4.69, 9.17) is 5.73 Å². The molecule has 2 N–H and O–H groups in total. The number of benzene rings is 1. The maximum atomic E-state index is 12.8. The minimum Gasteiger partial charge on any atom is -0.340 e. The third-order valence-corrected chi connectivity index (χ3v) is 5.30. The summed E-state index contributed by atoms with van der Waals surface area (Å²) in [6.07, 6.45) is 6.82. The molecule has 1 aromatic rings. The van der Waals surface area contributed by atoms with Crippen molar-refractivity contribution < 1.29 is 4.79 Å². The molecular weight excluding hydrogens is 272 g/mol. The van der Waals surface area contributed by atoms with E-state index in [9.17, 15) is 4.79 Å². The lowest BCUT2D eigenvalue weighted by Gasteiger charge is -2.39. The van der Waals surface area contributed by atoms with Crippen LogP contribution in [0.5, 0.6) is 0 Å². The fourth-order valence-corrected chi connectivity index (χ4v) is 4.01. The molecule has 1 saturated carbocycles. The molecule has 3 heteroatoms. The predicted molar refractivity (Wildman–Crippen MR) is 89.7 cm³/mol. The van der Waals surface area contributed by atoms with Crippen LogP contribution in [0.3, 0.4) is 0 Å². The number of aryl methyl sites for hydroxylation is 1. The van der Waals surface area contributed by atoms with E-state index in [1.807, 2.05) is 0 Å². The van der Waals surface area contributed by atoms with Gasteiger partial charge in [-0.2, -0.15) is 0 Å². The van der Waals surface area contributed by atoms with Crippen LogP contribution in [0, 0.1) is 12.8 Å². The smallest absolute Gasteiger partial charge is 0.225 e. The number of carbonyl (C=O) groups excluding carboxylic acids is 1. The van der Waals surface area contributed by atoms with E-state index in [0.29, 0.717) is 11.8 Å². The van der Waals surface area contributed by atoms with Crippen LogP contribution in [0.4, 0.5) is 0 Å². The third-order valence-electron chi connectivity index (χ3n) is 5.30. The number of hydrogen-bond donors (Lipinski definition) is 1. The van der Waals surface area contributed by atoms with Crippen LogP contribution in [-0.4, -0.2) is 29.9 Å². The van der Waals surface area contributed by atoms with Gasteiger partial charge in [0.2, 0.25) is 5.91 Å². The molecule has 1 heterocycles. The molecular formula is C19H28N2O. The third kappa shape index (κ3) is 3.52. The number of amides is 1. The molecule has 1 saturated heterocycles. The second-order valence-electron chi connectivity index (χ2n) is 7.18. The average Bonchev–Trinajstić information content (AvgIpc) is 2.55. The molecule has 120 valence electrons. The summed E-state index contributed by atoms with van der Waals surface area (Å²) in [6.45, 7) is 3.68. The molecule has 22 heavy (non-hydrogen) atoms.